The molecule has 1 aromatic carbocycles. The highest BCUT2D eigenvalue weighted by Gasteiger charge is 2.22. The summed E-state index contributed by atoms with van der Waals surface area (Å²) in [7, 11) is 0. The normalized spacial score (nSPS) is 12.6. The van der Waals surface area contributed by atoms with Gasteiger partial charge in [-0.2, -0.15) is 0 Å². The molecule has 0 saturated carbocycles. The number of nitrogens with one attached hydrogen (secondary N) is 2. The van der Waals surface area contributed by atoms with Crippen LogP contribution in [-0.2, 0) is 9.59 Å². The zero-order valence-electron chi connectivity index (χ0n) is 12.4. The molecule has 1 aromatic rings. The average molecular weight is 296 g/mol. The van der Waals surface area contributed by atoms with E-state index in [1.54, 1.807) is 0 Å². The molecule has 0 aliphatic heterocycles. The number of hydrogen-bond donors (Lipinski definition) is 3. The zero-order valence-corrected chi connectivity index (χ0v) is 12.4. The maximum atomic E-state index is 12.9. The third-order valence-corrected chi connectivity index (χ3v) is 2.99. The molecule has 1 atom stereocenters. The van der Waals surface area contributed by atoms with E-state index >= 15 is 0 Å². The molecule has 0 aliphatic carbocycles. The largest absolute Gasteiger partial charge is 0.393 e. The number of hydrogen-bond acceptors (Lipinski definition) is 3. The standard InChI is InChI=1S/C15H21FN2O3/c1-15(2,3)12(19)7-8-17-13(20)14(21)18-11-6-4-5-10(16)9-11/h4-6,9,12,19H,7-8H2,1-3H3,(H,17,20)(H,18,21)/t12-/m0/s1. The van der Waals surface area contributed by atoms with Gasteiger partial charge in [-0.3, -0.25) is 9.59 Å². The van der Waals surface area contributed by atoms with E-state index in [2.05, 4.69) is 10.6 Å². The molecule has 5 nitrogen and oxygen atoms in total. The van der Waals surface area contributed by atoms with Gasteiger partial charge in [0.25, 0.3) is 0 Å². The van der Waals surface area contributed by atoms with Crippen LogP contribution >= 0.6 is 0 Å². The zero-order chi connectivity index (χ0) is 16.0. The molecule has 0 aliphatic rings. The van der Waals surface area contributed by atoms with Crippen molar-refractivity contribution in [1.82, 2.24) is 5.32 Å². The smallest absolute Gasteiger partial charge is 0.313 e. The van der Waals surface area contributed by atoms with Crippen molar-refractivity contribution in [1.29, 1.82) is 0 Å². The van der Waals surface area contributed by atoms with E-state index in [9.17, 15) is 19.1 Å². The Morgan fingerprint density at radius 3 is 2.52 bits per heavy atom. The van der Waals surface area contributed by atoms with E-state index in [0.29, 0.717) is 6.42 Å². The van der Waals surface area contributed by atoms with Crippen molar-refractivity contribution in [2.75, 3.05) is 11.9 Å². The first kappa shape index (κ1) is 17.1. The number of anilines is 1. The summed E-state index contributed by atoms with van der Waals surface area (Å²) in [5, 5.41) is 14.5. The lowest BCUT2D eigenvalue weighted by molar-refractivity contribution is -0.136. The molecule has 6 heteroatoms. The lowest BCUT2D eigenvalue weighted by atomic mass is 9.87. The van der Waals surface area contributed by atoms with Crippen LogP contribution in [0.1, 0.15) is 27.2 Å². The molecular weight excluding hydrogens is 275 g/mol. The maximum absolute atomic E-state index is 12.9. The first-order valence-corrected chi connectivity index (χ1v) is 6.73. The number of halogens is 1. The predicted molar refractivity (Wildman–Crippen MR) is 78.1 cm³/mol. The number of aliphatic hydroxyl groups excluding tert-OH is 1. The van der Waals surface area contributed by atoms with Crippen LogP contribution < -0.4 is 10.6 Å². The second-order valence-electron chi connectivity index (χ2n) is 5.89. The van der Waals surface area contributed by atoms with Gasteiger partial charge in [0.1, 0.15) is 5.82 Å². The van der Waals surface area contributed by atoms with Crippen LogP contribution in [0.25, 0.3) is 0 Å². The summed E-state index contributed by atoms with van der Waals surface area (Å²) in [6, 6.07) is 5.28. The number of carbonyl (C=O) groups excluding carboxylic acids is 2. The Labute approximate surface area is 123 Å². The minimum atomic E-state index is -0.870. The molecular formula is C15H21FN2O3. The van der Waals surface area contributed by atoms with E-state index in [0.717, 1.165) is 6.07 Å². The van der Waals surface area contributed by atoms with Crippen molar-refractivity contribution in [3.63, 3.8) is 0 Å². The highest BCUT2D eigenvalue weighted by atomic mass is 19.1. The molecule has 0 bridgehead atoms. The van der Waals surface area contributed by atoms with E-state index in [4.69, 9.17) is 0 Å². The Morgan fingerprint density at radius 1 is 1.29 bits per heavy atom. The van der Waals surface area contributed by atoms with Crippen molar-refractivity contribution >= 4 is 17.5 Å². The number of rotatable bonds is 4. The van der Waals surface area contributed by atoms with Gasteiger partial charge in [-0.25, -0.2) is 4.39 Å². The van der Waals surface area contributed by atoms with Gasteiger partial charge in [-0.1, -0.05) is 26.8 Å². The molecule has 2 amide bonds. The summed E-state index contributed by atoms with van der Waals surface area (Å²) in [6.45, 7) is 5.84. The first-order chi connectivity index (χ1) is 9.70. The summed E-state index contributed by atoms with van der Waals surface area (Å²) in [5.74, 6) is -2.19. The van der Waals surface area contributed by atoms with Gasteiger partial charge in [0, 0.05) is 12.2 Å². The summed E-state index contributed by atoms with van der Waals surface area (Å²) < 4.78 is 12.9. The van der Waals surface area contributed by atoms with Crippen LogP contribution in [0, 0.1) is 11.2 Å². The van der Waals surface area contributed by atoms with Crippen molar-refractivity contribution in [3.05, 3.63) is 30.1 Å². The van der Waals surface area contributed by atoms with Crippen molar-refractivity contribution in [2.24, 2.45) is 5.41 Å². The second-order valence-corrected chi connectivity index (χ2v) is 5.89. The molecule has 0 radical (unpaired) electrons. The van der Waals surface area contributed by atoms with E-state index in [1.165, 1.54) is 18.2 Å². The minimum absolute atomic E-state index is 0.188. The Hall–Kier alpha value is -1.95. The van der Waals surface area contributed by atoms with Crippen molar-refractivity contribution < 1.29 is 19.1 Å². The summed E-state index contributed by atoms with van der Waals surface area (Å²) in [4.78, 5) is 23.2. The molecule has 0 unspecified atom stereocenters. The highest BCUT2D eigenvalue weighted by molar-refractivity contribution is 6.39. The number of benzene rings is 1. The summed E-state index contributed by atoms with van der Waals surface area (Å²) in [6.07, 6.45) is -0.230. The van der Waals surface area contributed by atoms with Crippen LogP contribution in [0.5, 0.6) is 0 Å². The molecule has 0 spiro atoms. The van der Waals surface area contributed by atoms with Gasteiger partial charge >= 0.3 is 11.8 Å². The van der Waals surface area contributed by atoms with Gasteiger partial charge in [-0.05, 0) is 30.0 Å². The average Bonchev–Trinajstić information content (AvgIpc) is 2.37. The molecule has 0 heterocycles. The van der Waals surface area contributed by atoms with Gasteiger partial charge in [0.2, 0.25) is 0 Å². The molecule has 0 saturated heterocycles. The molecule has 3 N–H and O–H groups in total. The third-order valence-electron chi connectivity index (χ3n) is 2.99. The monoisotopic (exact) mass is 296 g/mol. The van der Waals surface area contributed by atoms with Crippen LogP contribution in [0.15, 0.2) is 24.3 Å². The van der Waals surface area contributed by atoms with Crippen LogP contribution in [0.3, 0.4) is 0 Å². The van der Waals surface area contributed by atoms with Crippen LogP contribution in [0.2, 0.25) is 0 Å². The first-order valence-electron chi connectivity index (χ1n) is 6.73. The fourth-order valence-electron chi connectivity index (χ4n) is 1.59. The lowest BCUT2D eigenvalue weighted by Crippen LogP contribution is -2.38. The van der Waals surface area contributed by atoms with E-state index in [-0.39, 0.29) is 17.6 Å². The Kier molecular flexibility index (Phi) is 5.84. The second kappa shape index (κ2) is 7.17. The minimum Gasteiger partial charge on any atom is -0.393 e. The summed E-state index contributed by atoms with van der Waals surface area (Å²) >= 11 is 0. The van der Waals surface area contributed by atoms with E-state index in [1.807, 2.05) is 20.8 Å². The maximum Gasteiger partial charge on any atom is 0.313 e. The Bertz CT molecular complexity index is 512. The van der Waals surface area contributed by atoms with Crippen LogP contribution in [0.4, 0.5) is 10.1 Å². The molecule has 0 aromatic heterocycles. The Balaban J connectivity index is 2.40. The quantitative estimate of drug-likeness (QED) is 0.740. The number of amides is 2. The van der Waals surface area contributed by atoms with Crippen molar-refractivity contribution in [3.8, 4) is 0 Å². The van der Waals surface area contributed by atoms with Gasteiger partial charge in [0.15, 0.2) is 0 Å². The SMILES string of the molecule is CC(C)(C)[C@@H](O)CCNC(=O)C(=O)Nc1cccc(F)c1. The molecule has 0 fully saturated rings. The van der Waals surface area contributed by atoms with Gasteiger partial charge in [0.05, 0.1) is 6.10 Å². The lowest BCUT2D eigenvalue weighted by Gasteiger charge is -2.25. The van der Waals surface area contributed by atoms with E-state index < -0.39 is 23.7 Å². The van der Waals surface area contributed by atoms with Crippen LogP contribution in [-0.4, -0.2) is 29.6 Å². The fraction of sp³-hybridized carbons (Fsp3) is 0.467. The summed E-state index contributed by atoms with van der Waals surface area (Å²) in [5.41, 5.74) is -0.0703. The highest BCUT2D eigenvalue weighted by Crippen LogP contribution is 2.20. The van der Waals surface area contributed by atoms with Gasteiger partial charge in [-0.15, -0.1) is 0 Å². The number of carbonyl (C=O) groups is 2. The van der Waals surface area contributed by atoms with Crippen molar-refractivity contribution in [2.45, 2.75) is 33.3 Å². The third kappa shape index (κ3) is 5.91. The predicted octanol–water partition coefficient (Wildman–Crippen LogP) is 1.68. The topological polar surface area (TPSA) is 78.4 Å². The number of aliphatic hydroxyl groups is 1. The molecule has 21 heavy (non-hydrogen) atoms. The fourth-order valence-corrected chi connectivity index (χ4v) is 1.59. The molecule has 116 valence electrons. The Morgan fingerprint density at radius 2 is 1.95 bits per heavy atom. The molecule has 1 rings (SSSR count). The van der Waals surface area contributed by atoms with Gasteiger partial charge < -0.3 is 15.7 Å².